The highest BCUT2D eigenvalue weighted by molar-refractivity contribution is 5.82. The standard InChI is InChI=1S/C19H29N3O/c1-2-10-21-11-6-9-18(21)19(23)22-13-16(12-20)17(14-22)15-7-4-3-5-8-15/h3-5,7-8,16-18H,2,6,9-14,20H2,1H3/t16-,17+,18?/m1/s1. The van der Waals surface area contributed by atoms with Crippen LogP contribution in [-0.4, -0.2) is 54.5 Å². The van der Waals surface area contributed by atoms with E-state index in [0.717, 1.165) is 45.4 Å². The van der Waals surface area contributed by atoms with Crippen molar-refractivity contribution in [2.45, 2.75) is 38.1 Å². The minimum atomic E-state index is 0.0999. The molecule has 2 aliphatic rings. The maximum absolute atomic E-state index is 13.0. The first-order chi connectivity index (χ1) is 11.2. The third-order valence-corrected chi connectivity index (χ3v) is 5.44. The molecule has 0 aromatic heterocycles. The fourth-order valence-electron chi connectivity index (χ4n) is 4.24. The van der Waals surface area contributed by atoms with Gasteiger partial charge in [0.15, 0.2) is 0 Å². The average Bonchev–Trinajstić information content (AvgIpc) is 3.22. The Labute approximate surface area is 139 Å². The molecular formula is C19H29N3O. The second-order valence-electron chi connectivity index (χ2n) is 6.95. The summed E-state index contributed by atoms with van der Waals surface area (Å²) in [5.74, 6) is 1.08. The number of likely N-dealkylation sites (tertiary alicyclic amines) is 2. The first kappa shape index (κ1) is 16.5. The van der Waals surface area contributed by atoms with Crippen molar-refractivity contribution >= 4 is 5.91 Å². The van der Waals surface area contributed by atoms with Crippen LogP contribution in [0.2, 0.25) is 0 Å². The molecule has 1 unspecified atom stereocenters. The van der Waals surface area contributed by atoms with Crippen LogP contribution in [0.5, 0.6) is 0 Å². The van der Waals surface area contributed by atoms with E-state index in [2.05, 4.69) is 41.0 Å². The molecule has 3 atom stereocenters. The van der Waals surface area contributed by atoms with Crippen molar-refractivity contribution in [1.29, 1.82) is 0 Å². The van der Waals surface area contributed by atoms with Crippen molar-refractivity contribution in [2.24, 2.45) is 11.7 Å². The number of hydrogen-bond acceptors (Lipinski definition) is 3. The molecule has 23 heavy (non-hydrogen) atoms. The van der Waals surface area contributed by atoms with Crippen LogP contribution in [0.15, 0.2) is 30.3 Å². The summed E-state index contributed by atoms with van der Waals surface area (Å²) in [4.78, 5) is 17.5. The summed E-state index contributed by atoms with van der Waals surface area (Å²) in [5.41, 5.74) is 7.32. The molecule has 1 amide bonds. The van der Waals surface area contributed by atoms with Crippen LogP contribution in [0.4, 0.5) is 0 Å². The molecular weight excluding hydrogens is 286 g/mol. The molecule has 0 spiro atoms. The van der Waals surface area contributed by atoms with Crippen LogP contribution in [0, 0.1) is 5.92 Å². The van der Waals surface area contributed by atoms with Gasteiger partial charge in [0, 0.05) is 19.0 Å². The molecule has 4 heteroatoms. The third kappa shape index (κ3) is 3.43. The number of hydrogen-bond donors (Lipinski definition) is 1. The lowest BCUT2D eigenvalue weighted by Crippen LogP contribution is -2.45. The third-order valence-electron chi connectivity index (χ3n) is 5.44. The van der Waals surface area contributed by atoms with E-state index in [4.69, 9.17) is 5.73 Å². The SMILES string of the molecule is CCCN1CCCC1C(=O)N1C[C@@H](CN)[C@H](c2ccccc2)C1. The van der Waals surface area contributed by atoms with E-state index in [0.29, 0.717) is 24.3 Å². The van der Waals surface area contributed by atoms with Crippen LogP contribution in [0.1, 0.15) is 37.7 Å². The molecule has 126 valence electrons. The molecule has 1 aromatic carbocycles. The molecule has 0 radical (unpaired) electrons. The minimum Gasteiger partial charge on any atom is -0.340 e. The maximum Gasteiger partial charge on any atom is 0.239 e. The number of carbonyl (C=O) groups is 1. The van der Waals surface area contributed by atoms with E-state index in [1.54, 1.807) is 0 Å². The van der Waals surface area contributed by atoms with Gasteiger partial charge in [-0.1, -0.05) is 37.3 Å². The van der Waals surface area contributed by atoms with Crippen molar-refractivity contribution in [2.75, 3.05) is 32.7 Å². The number of nitrogens with two attached hydrogens (primary N) is 1. The van der Waals surface area contributed by atoms with Gasteiger partial charge in [0.2, 0.25) is 5.91 Å². The molecule has 2 heterocycles. The Morgan fingerprint density at radius 3 is 2.74 bits per heavy atom. The van der Waals surface area contributed by atoms with E-state index in [9.17, 15) is 4.79 Å². The zero-order valence-electron chi connectivity index (χ0n) is 14.2. The Balaban J connectivity index is 1.70. The first-order valence-electron chi connectivity index (χ1n) is 9.02. The molecule has 1 aromatic rings. The highest BCUT2D eigenvalue weighted by Gasteiger charge is 2.40. The number of carbonyl (C=O) groups excluding carboxylic acids is 1. The Morgan fingerprint density at radius 1 is 1.26 bits per heavy atom. The molecule has 0 aliphatic carbocycles. The van der Waals surface area contributed by atoms with Crippen molar-refractivity contribution in [3.05, 3.63) is 35.9 Å². The van der Waals surface area contributed by atoms with Gasteiger partial charge in [0.25, 0.3) is 0 Å². The van der Waals surface area contributed by atoms with Gasteiger partial charge in [-0.05, 0) is 50.4 Å². The van der Waals surface area contributed by atoms with E-state index in [1.807, 2.05) is 6.07 Å². The lowest BCUT2D eigenvalue weighted by Gasteiger charge is -2.27. The molecule has 2 saturated heterocycles. The monoisotopic (exact) mass is 315 g/mol. The summed E-state index contributed by atoms with van der Waals surface area (Å²) in [6.07, 6.45) is 3.27. The topological polar surface area (TPSA) is 49.6 Å². The predicted octanol–water partition coefficient (Wildman–Crippen LogP) is 2.06. The highest BCUT2D eigenvalue weighted by atomic mass is 16.2. The summed E-state index contributed by atoms with van der Waals surface area (Å²) < 4.78 is 0. The van der Waals surface area contributed by atoms with Gasteiger partial charge in [0.1, 0.15) is 0 Å². The molecule has 0 bridgehead atoms. The van der Waals surface area contributed by atoms with E-state index >= 15 is 0 Å². The predicted molar refractivity (Wildman–Crippen MR) is 93.2 cm³/mol. The Bertz CT molecular complexity index is 519. The second kappa shape index (κ2) is 7.45. The maximum atomic E-state index is 13.0. The van der Waals surface area contributed by atoms with Crippen molar-refractivity contribution in [1.82, 2.24) is 9.80 Å². The van der Waals surface area contributed by atoms with Crippen LogP contribution in [-0.2, 0) is 4.79 Å². The lowest BCUT2D eigenvalue weighted by atomic mass is 9.89. The van der Waals surface area contributed by atoms with Crippen LogP contribution in [0.3, 0.4) is 0 Å². The number of nitrogens with zero attached hydrogens (tertiary/aromatic N) is 2. The Morgan fingerprint density at radius 2 is 2.04 bits per heavy atom. The largest absolute Gasteiger partial charge is 0.340 e. The summed E-state index contributed by atoms with van der Waals surface area (Å²) >= 11 is 0. The van der Waals surface area contributed by atoms with Gasteiger partial charge in [-0.3, -0.25) is 9.69 Å². The smallest absolute Gasteiger partial charge is 0.239 e. The molecule has 2 N–H and O–H groups in total. The zero-order valence-corrected chi connectivity index (χ0v) is 14.2. The van der Waals surface area contributed by atoms with E-state index in [-0.39, 0.29) is 6.04 Å². The molecule has 3 rings (SSSR count). The second-order valence-corrected chi connectivity index (χ2v) is 6.95. The van der Waals surface area contributed by atoms with Gasteiger partial charge in [-0.2, -0.15) is 0 Å². The lowest BCUT2D eigenvalue weighted by molar-refractivity contribution is -0.135. The van der Waals surface area contributed by atoms with Crippen LogP contribution < -0.4 is 5.73 Å². The average molecular weight is 315 g/mol. The number of amides is 1. The summed E-state index contributed by atoms with van der Waals surface area (Å²) in [5, 5.41) is 0. The van der Waals surface area contributed by atoms with Crippen LogP contribution in [0.25, 0.3) is 0 Å². The zero-order chi connectivity index (χ0) is 16.2. The minimum absolute atomic E-state index is 0.0999. The van der Waals surface area contributed by atoms with Gasteiger partial charge in [-0.15, -0.1) is 0 Å². The van der Waals surface area contributed by atoms with Gasteiger partial charge in [-0.25, -0.2) is 0 Å². The summed E-state index contributed by atoms with van der Waals surface area (Å²) in [6.45, 7) is 6.57. The molecule has 2 fully saturated rings. The Hall–Kier alpha value is -1.39. The van der Waals surface area contributed by atoms with Gasteiger partial charge >= 0.3 is 0 Å². The normalized spacial score (nSPS) is 28.4. The fraction of sp³-hybridized carbons (Fsp3) is 0.632. The van der Waals surface area contributed by atoms with Crippen molar-refractivity contribution in [3.63, 3.8) is 0 Å². The Kier molecular flexibility index (Phi) is 5.34. The van der Waals surface area contributed by atoms with Gasteiger partial charge < -0.3 is 10.6 Å². The quantitative estimate of drug-likeness (QED) is 0.905. The van der Waals surface area contributed by atoms with E-state index in [1.165, 1.54) is 5.56 Å². The van der Waals surface area contributed by atoms with Crippen LogP contribution >= 0.6 is 0 Å². The van der Waals surface area contributed by atoms with Crippen molar-refractivity contribution < 1.29 is 4.79 Å². The first-order valence-corrected chi connectivity index (χ1v) is 9.02. The fourth-order valence-corrected chi connectivity index (χ4v) is 4.24. The molecule has 2 aliphatic heterocycles. The van der Waals surface area contributed by atoms with Crippen molar-refractivity contribution in [3.8, 4) is 0 Å². The molecule has 0 saturated carbocycles. The highest BCUT2D eigenvalue weighted by Crippen LogP contribution is 2.33. The van der Waals surface area contributed by atoms with E-state index < -0.39 is 0 Å². The summed E-state index contributed by atoms with van der Waals surface area (Å²) in [6, 6.07) is 10.6. The van der Waals surface area contributed by atoms with Gasteiger partial charge in [0.05, 0.1) is 6.04 Å². The number of rotatable bonds is 5. The number of benzene rings is 1. The molecule has 4 nitrogen and oxygen atoms in total. The summed E-state index contributed by atoms with van der Waals surface area (Å²) in [7, 11) is 0.